The van der Waals surface area contributed by atoms with Crippen LogP contribution in [-0.4, -0.2) is 26.0 Å². The van der Waals surface area contributed by atoms with E-state index in [2.05, 4.69) is 0 Å². The third kappa shape index (κ3) is 2.29. The highest BCUT2D eigenvalue weighted by Crippen LogP contribution is 2.50. The molecule has 6 heteroatoms. The summed E-state index contributed by atoms with van der Waals surface area (Å²) in [5.74, 6) is 0.484. The van der Waals surface area contributed by atoms with Gasteiger partial charge in [0.15, 0.2) is 11.5 Å². The summed E-state index contributed by atoms with van der Waals surface area (Å²) in [7, 11) is 3.04. The third-order valence-corrected chi connectivity index (χ3v) is 5.42. The van der Waals surface area contributed by atoms with Crippen LogP contribution in [0.1, 0.15) is 32.4 Å². The maximum atomic E-state index is 13.6. The molecule has 0 fully saturated rings. The maximum Gasteiger partial charge on any atom is 0.264 e. The minimum absolute atomic E-state index is 0.150. The molecule has 5 rings (SSSR count). The van der Waals surface area contributed by atoms with Crippen molar-refractivity contribution >= 4 is 23.2 Å². The van der Waals surface area contributed by atoms with Crippen LogP contribution in [0.25, 0.3) is 0 Å². The number of rotatable bonds is 3. The standard InChI is InChI=1S/C23H18N2O4/c1-28-18-13-12-16-19(20(18)29-2)23(27)25-17-11-7-6-10-15(17)22(26)24(21(16)25)14-8-4-3-5-9-14/h3-13,21H,1-2H3/t21-/m1/s1. The van der Waals surface area contributed by atoms with Gasteiger partial charge in [0.2, 0.25) is 0 Å². The summed E-state index contributed by atoms with van der Waals surface area (Å²) in [5.41, 5.74) is 2.93. The van der Waals surface area contributed by atoms with Crippen LogP contribution in [0.4, 0.5) is 11.4 Å². The Morgan fingerprint density at radius 3 is 2.21 bits per heavy atom. The summed E-state index contributed by atoms with van der Waals surface area (Å²) in [6, 6.07) is 20.2. The number of amides is 2. The highest BCUT2D eigenvalue weighted by atomic mass is 16.5. The first-order chi connectivity index (χ1) is 14.2. The zero-order valence-electron chi connectivity index (χ0n) is 16.0. The Bertz CT molecular complexity index is 1140. The molecule has 0 aliphatic carbocycles. The normalized spacial score (nSPS) is 17.0. The van der Waals surface area contributed by atoms with Crippen molar-refractivity contribution in [3.05, 3.63) is 83.4 Å². The SMILES string of the molecule is COc1ccc2c(c1OC)C(=O)N1c3ccccc3C(=O)N(c3ccccc3)[C@@H]21. The zero-order valence-corrected chi connectivity index (χ0v) is 16.0. The predicted molar refractivity (Wildman–Crippen MR) is 109 cm³/mol. The van der Waals surface area contributed by atoms with Crippen molar-refractivity contribution in [2.75, 3.05) is 24.0 Å². The summed E-state index contributed by atoms with van der Waals surface area (Å²) in [6.07, 6.45) is -0.595. The monoisotopic (exact) mass is 386 g/mol. The van der Waals surface area contributed by atoms with Crippen molar-refractivity contribution < 1.29 is 19.1 Å². The molecule has 3 aromatic carbocycles. The van der Waals surface area contributed by atoms with Gasteiger partial charge in [-0.25, -0.2) is 0 Å². The lowest BCUT2D eigenvalue weighted by atomic mass is 10.0. The summed E-state index contributed by atoms with van der Waals surface area (Å²) in [6.45, 7) is 0. The van der Waals surface area contributed by atoms with Crippen molar-refractivity contribution in [1.82, 2.24) is 0 Å². The second-order valence-corrected chi connectivity index (χ2v) is 6.84. The fraction of sp³-hybridized carbons (Fsp3) is 0.130. The number of para-hydroxylation sites is 2. The van der Waals surface area contributed by atoms with Gasteiger partial charge < -0.3 is 9.47 Å². The van der Waals surface area contributed by atoms with Gasteiger partial charge in [0.25, 0.3) is 11.8 Å². The number of anilines is 2. The van der Waals surface area contributed by atoms with Crippen LogP contribution >= 0.6 is 0 Å². The van der Waals surface area contributed by atoms with Crippen LogP contribution in [-0.2, 0) is 0 Å². The van der Waals surface area contributed by atoms with Gasteiger partial charge in [-0.05, 0) is 30.3 Å². The number of nitrogens with zero attached hydrogens (tertiary/aromatic N) is 2. The molecule has 0 bridgehead atoms. The van der Waals surface area contributed by atoms with E-state index in [4.69, 9.17) is 9.47 Å². The van der Waals surface area contributed by atoms with Crippen LogP contribution in [0.3, 0.4) is 0 Å². The van der Waals surface area contributed by atoms with E-state index in [0.29, 0.717) is 33.9 Å². The molecule has 0 N–H and O–H groups in total. The molecule has 0 spiro atoms. The number of fused-ring (bicyclic) bond motifs is 5. The highest BCUT2D eigenvalue weighted by Gasteiger charge is 2.50. The molecular formula is C23H18N2O4. The first-order valence-electron chi connectivity index (χ1n) is 9.23. The van der Waals surface area contributed by atoms with E-state index in [0.717, 1.165) is 5.69 Å². The number of methoxy groups -OCH3 is 2. The van der Waals surface area contributed by atoms with Crippen molar-refractivity contribution in [1.29, 1.82) is 0 Å². The molecule has 0 unspecified atom stereocenters. The lowest BCUT2D eigenvalue weighted by Gasteiger charge is -2.40. The van der Waals surface area contributed by atoms with Gasteiger partial charge in [-0.1, -0.05) is 36.4 Å². The van der Waals surface area contributed by atoms with Gasteiger partial charge in [0.1, 0.15) is 6.17 Å². The molecule has 0 radical (unpaired) electrons. The molecule has 3 aromatic rings. The highest BCUT2D eigenvalue weighted by molar-refractivity contribution is 6.22. The molecule has 0 aromatic heterocycles. The molecule has 6 nitrogen and oxygen atoms in total. The van der Waals surface area contributed by atoms with E-state index in [9.17, 15) is 9.59 Å². The lowest BCUT2D eigenvalue weighted by Crippen LogP contribution is -2.48. The number of benzene rings is 3. The van der Waals surface area contributed by atoms with Crippen LogP contribution in [0.5, 0.6) is 11.5 Å². The second kappa shape index (κ2) is 6.38. The van der Waals surface area contributed by atoms with Gasteiger partial charge in [0.05, 0.1) is 31.0 Å². The molecule has 1 atom stereocenters. The number of carbonyl (C=O) groups is 2. The van der Waals surface area contributed by atoms with E-state index >= 15 is 0 Å². The van der Waals surface area contributed by atoms with E-state index < -0.39 is 6.17 Å². The summed E-state index contributed by atoms with van der Waals surface area (Å²) < 4.78 is 10.9. The Morgan fingerprint density at radius 1 is 0.759 bits per heavy atom. The zero-order chi connectivity index (χ0) is 20.1. The van der Waals surface area contributed by atoms with Crippen LogP contribution in [0, 0.1) is 0 Å². The summed E-state index contributed by atoms with van der Waals surface area (Å²) >= 11 is 0. The number of ether oxygens (including phenoxy) is 2. The number of hydrogen-bond donors (Lipinski definition) is 0. The molecule has 2 amide bonds. The van der Waals surface area contributed by atoms with Gasteiger partial charge >= 0.3 is 0 Å². The quantitative estimate of drug-likeness (QED) is 0.682. The lowest BCUT2D eigenvalue weighted by molar-refractivity contribution is 0.0948. The number of carbonyl (C=O) groups excluding carboxylic acids is 2. The average molecular weight is 386 g/mol. The van der Waals surface area contributed by atoms with Gasteiger partial charge in [-0.15, -0.1) is 0 Å². The van der Waals surface area contributed by atoms with E-state index in [1.54, 1.807) is 34.1 Å². The van der Waals surface area contributed by atoms with E-state index in [1.807, 2.05) is 42.5 Å². The Balaban J connectivity index is 1.81. The minimum atomic E-state index is -0.595. The fourth-order valence-corrected chi connectivity index (χ4v) is 4.20. The van der Waals surface area contributed by atoms with Gasteiger partial charge in [-0.3, -0.25) is 19.4 Å². The molecule has 2 aliphatic rings. The number of hydrogen-bond acceptors (Lipinski definition) is 4. The molecule has 29 heavy (non-hydrogen) atoms. The molecule has 2 aliphatic heterocycles. The topological polar surface area (TPSA) is 59.1 Å². The average Bonchev–Trinajstić information content (AvgIpc) is 3.06. The molecular weight excluding hydrogens is 368 g/mol. The van der Waals surface area contributed by atoms with E-state index in [1.165, 1.54) is 14.2 Å². The molecule has 0 saturated carbocycles. The molecule has 144 valence electrons. The minimum Gasteiger partial charge on any atom is -0.493 e. The first kappa shape index (κ1) is 17.3. The van der Waals surface area contributed by atoms with Crippen molar-refractivity contribution in [3.63, 3.8) is 0 Å². The largest absolute Gasteiger partial charge is 0.493 e. The Morgan fingerprint density at radius 2 is 1.48 bits per heavy atom. The van der Waals surface area contributed by atoms with Crippen molar-refractivity contribution in [2.24, 2.45) is 0 Å². The Kier molecular flexibility index (Phi) is 3.81. The van der Waals surface area contributed by atoms with Crippen LogP contribution in [0.2, 0.25) is 0 Å². The second-order valence-electron chi connectivity index (χ2n) is 6.84. The van der Waals surface area contributed by atoms with Crippen LogP contribution in [0.15, 0.2) is 66.7 Å². The predicted octanol–water partition coefficient (Wildman–Crippen LogP) is 4.02. The van der Waals surface area contributed by atoms with Crippen molar-refractivity contribution in [3.8, 4) is 11.5 Å². The third-order valence-electron chi connectivity index (χ3n) is 5.42. The summed E-state index contributed by atoms with van der Waals surface area (Å²) in [4.78, 5) is 30.4. The van der Waals surface area contributed by atoms with E-state index in [-0.39, 0.29) is 11.8 Å². The first-order valence-corrected chi connectivity index (χ1v) is 9.23. The molecule has 2 heterocycles. The summed E-state index contributed by atoms with van der Waals surface area (Å²) in [5, 5.41) is 0. The Labute approximate surface area is 167 Å². The van der Waals surface area contributed by atoms with Gasteiger partial charge in [-0.2, -0.15) is 0 Å². The maximum absolute atomic E-state index is 13.6. The van der Waals surface area contributed by atoms with Gasteiger partial charge in [0, 0.05) is 11.3 Å². The van der Waals surface area contributed by atoms with Crippen molar-refractivity contribution in [2.45, 2.75) is 6.17 Å². The smallest absolute Gasteiger partial charge is 0.264 e. The van der Waals surface area contributed by atoms with Crippen LogP contribution < -0.4 is 19.3 Å². The molecule has 0 saturated heterocycles. The fourth-order valence-electron chi connectivity index (χ4n) is 4.20. The Hall–Kier alpha value is -3.80.